The Kier molecular flexibility index (Phi) is 6.36. The van der Waals surface area contributed by atoms with Crippen LogP contribution in [0.4, 0.5) is 0 Å². The lowest BCUT2D eigenvalue weighted by Gasteiger charge is -2.20. The third kappa shape index (κ3) is 5.55. The van der Waals surface area contributed by atoms with Gasteiger partial charge in [-0.15, -0.1) is 0 Å². The third-order valence-electron chi connectivity index (χ3n) is 4.18. The van der Waals surface area contributed by atoms with Gasteiger partial charge in [-0.05, 0) is 60.2 Å². The van der Waals surface area contributed by atoms with Crippen LogP contribution in [0.3, 0.4) is 0 Å². The summed E-state index contributed by atoms with van der Waals surface area (Å²) in [7, 11) is -14.6. The van der Waals surface area contributed by atoms with E-state index >= 15 is 0 Å². The van der Waals surface area contributed by atoms with E-state index in [9.17, 15) is 38.9 Å². The molecule has 0 saturated carbocycles. The number of rotatable bonds is 6. The van der Waals surface area contributed by atoms with E-state index < -0.39 is 38.3 Å². The second-order valence-electron chi connectivity index (χ2n) is 6.24. The van der Waals surface area contributed by atoms with Gasteiger partial charge in [0, 0.05) is 0 Å². The topological polar surface area (TPSA) is 163 Å². The summed E-state index contributed by atoms with van der Waals surface area (Å²) in [5.41, 5.74) is 0. The molecule has 164 valence electrons. The minimum absolute atomic E-state index is 0.311. The van der Waals surface area contributed by atoms with Gasteiger partial charge >= 0.3 is 0 Å². The van der Waals surface area contributed by atoms with Crippen molar-refractivity contribution in [3.8, 4) is 0 Å². The molecule has 0 aromatic heterocycles. The van der Waals surface area contributed by atoms with E-state index in [4.69, 9.17) is 0 Å². The summed E-state index contributed by atoms with van der Waals surface area (Å²) in [6.07, 6.45) is 0. The average Bonchev–Trinajstić information content (AvgIpc) is 2.67. The Morgan fingerprint density at radius 1 is 0.419 bits per heavy atom. The minimum atomic E-state index is -4.40. The molecule has 31 heavy (non-hydrogen) atoms. The van der Waals surface area contributed by atoms with Crippen molar-refractivity contribution in [1.29, 1.82) is 0 Å². The quantitative estimate of drug-likeness (QED) is 0.332. The van der Waals surface area contributed by atoms with Crippen molar-refractivity contribution in [2.45, 2.75) is 14.7 Å². The summed E-state index contributed by atoms with van der Waals surface area (Å²) in [5.74, 6) is 0. The molecule has 0 aliphatic carbocycles. The maximum Gasteiger partial charge on any atom is 0.294 e. The number of benzene rings is 3. The monoisotopic (exact) mass is 502 g/mol. The first-order chi connectivity index (χ1) is 14.3. The minimum Gasteiger partial charge on any atom is -0.282 e. The molecule has 3 rings (SSSR count). The van der Waals surface area contributed by atoms with Crippen LogP contribution >= 0.6 is 7.92 Å². The third-order valence-corrected chi connectivity index (χ3v) is 9.23. The number of hydrogen-bond acceptors (Lipinski definition) is 6. The summed E-state index contributed by atoms with van der Waals surface area (Å²) >= 11 is 0. The van der Waals surface area contributed by atoms with Gasteiger partial charge in [-0.1, -0.05) is 36.4 Å². The summed E-state index contributed by atoms with van der Waals surface area (Å²) in [6, 6.07) is 16.1. The zero-order valence-corrected chi connectivity index (χ0v) is 18.7. The molecule has 0 radical (unpaired) electrons. The fourth-order valence-corrected chi connectivity index (χ4v) is 6.42. The first-order valence-corrected chi connectivity index (χ1v) is 14.0. The second kappa shape index (κ2) is 8.40. The first kappa shape index (κ1) is 23.5. The Labute approximate surface area is 180 Å². The molecule has 0 aliphatic heterocycles. The molecule has 0 unspecified atom stereocenters. The summed E-state index contributed by atoms with van der Waals surface area (Å²) in [6.45, 7) is 0. The lowest BCUT2D eigenvalue weighted by atomic mass is 10.3. The van der Waals surface area contributed by atoms with E-state index in [1.807, 2.05) is 0 Å². The predicted molar refractivity (Wildman–Crippen MR) is 115 cm³/mol. The molecule has 9 nitrogen and oxygen atoms in total. The Bertz CT molecular complexity index is 1230. The molecule has 0 saturated heterocycles. The van der Waals surface area contributed by atoms with Gasteiger partial charge in [-0.25, -0.2) is 0 Å². The lowest BCUT2D eigenvalue weighted by Crippen LogP contribution is -2.21. The Morgan fingerprint density at radius 3 is 0.774 bits per heavy atom. The molecule has 3 aromatic carbocycles. The van der Waals surface area contributed by atoms with Crippen molar-refractivity contribution in [1.82, 2.24) is 0 Å². The van der Waals surface area contributed by atoms with E-state index in [-0.39, 0.29) is 14.7 Å². The smallest absolute Gasteiger partial charge is 0.282 e. The molecule has 0 spiro atoms. The zero-order valence-electron chi connectivity index (χ0n) is 15.4. The van der Waals surface area contributed by atoms with Crippen LogP contribution in [0, 0.1) is 0 Å². The Hall–Kier alpha value is -2.18. The predicted octanol–water partition coefficient (Wildman–Crippen LogP) is 1.18. The molecular formula is C18H15O9PS3. The molecule has 0 bridgehead atoms. The van der Waals surface area contributed by atoms with Crippen LogP contribution in [-0.4, -0.2) is 38.9 Å². The van der Waals surface area contributed by atoms with Crippen LogP contribution in [0.25, 0.3) is 0 Å². The highest BCUT2D eigenvalue weighted by molar-refractivity contribution is 7.86. The van der Waals surface area contributed by atoms with Crippen LogP contribution in [0.5, 0.6) is 0 Å². The molecule has 3 aromatic rings. The first-order valence-electron chi connectivity index (χ1n) is 8.30. The van der Waals surface area contributed by atoms with Crippen LogP contribution in [-0.2, 0) is 30.4 Å². The standard InChI is InChI=1S/C18H15O9PS3/c19-29(20,21)16-7-1-13(2-8-16)28(14-3-9-17(10-4-14)30(22,23)24)15-5-11-18(12-6-15)31(25,26)27/h1-12H,(H,19,20,21)(H,22,23,24)(H,25,26,27). The van der Waals surface area contributed by atoms with Gasteiger partial charge in [0.2, 0.25) is 0 Å². The maximum absolute atomic E-state index is 11.3. The lowest BCUT2D eigenvalue weighted by molar-refractivity contribution is 0.481. The molecule has 0 aliphatic rings. The normalized spacial score (nSPS) is 12.8. The maximum atomic E-state index is 11.3. The molecule has 0 atom stereocenters. The van der Waals surface area contributed by atoms with E-state index in [2.05, 4.69) is 0 Å². The number of hydrogen-bond donors (Lipinski definition) is 3. The molecule has 0 heterocycles. The highest BCUT2D eigenvalue weighted by Gasteiger charge is 2.20. The van der Waals surface area contributed by atoms with Gasteiger partial charge in [0.25, 0.3) is 30.4 Å². The van der Waals surface area contributed by atoms with Gasteiger partial charge in [-0.2, -0.15) is 25.3 Å². The van der Waals surface area contributed by atoms with Crippen molar-refractivity contribution in [3.05, 3.63) is 72.8 Å². The van der Waals surface area contributed by atoms with Crippen LogP contribution in [0.15, 0.2) is 87.5 Å². The van der Waals surface area contributed by atoms with Crippen molar-refractivity contribution in [2.24, 2.45) is 0 Å². The van der Waals surface area contributed by atoms with Crippen LogP contribution in [0.1, 0.15) is 0 Å². The van der Waals surface area contributed by atoms with Crippen molar-refractivity contribution in [3.63, 3.8) is 0 Å². The molecule has 0 fully saturated rings. The highest BCUT2D eigenvalue weighted by Crippen LogP contribution is 2.33. The highest BCUT2D eigenvalue weighted by atomic mass is 32.2. The van der Waals surface area contributed by atoms with Crippen LogP contribution in [0.2, 0.25) is 0 Å². The zero-order chi connectivity index (χ0) is 23.0. The van der Waals surface area contributed by atoms with E-state index in [1.165, 1.54) is 72.8 Å². The van der Waals surface area contributed by atoms with E-state index in [1.54, 1.807) is 0 Å². The summed E-state index contributed by atoms with van der Waals surface area (Å²) in [4.78, 5) is -0.932. The molecule has 13 heteroatoms. The molecule has 3 N–H and O–H groups in total. The van der Waals surface area contributed by atoms with Crippen molar-refractivity contribution >= 4 is 54.2 Å². The Balaban J connectivity index is 2.14. The SMILES string of the molecule is O=S(=O)(O)c1ccc(P(c2ccc(S(=O)(=O)O)cc2)c2ccc(S(=O)(=O)O)cc2)cc1. The molecular weight excluding hydrogens is 487 g/mol. The fourth-order valence-electron chi connectivity index (χ4n) is 2.75. The van der Waals surface area contributed by atoms with Gasteiger partial charge in [-0.3, -0.25) is 13.7 Å². The van der Waals surface area contributed by atoms with Crippen molar-refractivity contribution in [2.75, 3.05) is 0 Å². The van der Waals surface area contributed by atoms with Crippen LogP contribution < -0.4 is 15.9 Å². The second-order valence-corrected chi connectivity index (χ2v) is 12.7. The van der Waals surface area contributed by atoms with Gasteiger partial charge in [0.15, 0.2) is 0 Å². The Morgan fingerprint density at radius 2 is 0.613 bits per heavy atom. The van der Waals surface area contributed by atoms with Gasteiger partial charge in [0.1, 0.15) is 0 Å². The average molecular weight is 502 g/mol. The van der Waals surface area contributed by atoms with Gasteiger partial charge < -0.3 is 0 Å². The summed E-state index contributed by atoms with van der Waals surface area (Å²) in [5, 5.41) is 1.84. The van der Waals surface area contributed by atoms with Gasteiger partial charge in [0.05, 0.1) is 14.7 Å². The fraction of sp³-hybridized carbons (Fsp3) is 0. The van der Waals surface area contributed by atoms with Crippen molar-refractivity contribution < 1.29 is 38.9 Å². The summed E-state index contributed by atoms with van der Waals surface area (Å²) < 4.78 is 95.4. The van der Waals surface area contributed by atoms with E-state index in [0.29, 0.717) is 15.9 Å². The molecule has 0 amide bonds. The van der Waals surface area contributed by atoms with E-state index in [0.717, 1.165) is 0 Å². The largest absolute Gasteiger partial charge is 0.294 e.